The Bertz CT molecular complexity index is 404. The summed E-state index contributed by atoms with van der Waals surface area (Å²) in [4.78, 5) is 27.1. The molecule has 86 valence electrons. The van der Waals surface area contributed by atoms with Crippen molar-refractivity contribution in [3.63, 3.8) is 0 Å². The highest BCUT2D eigenvalue weighted by Gasteiger charge is 2.06. The number of pyridine rings is 1. The van der Waals surface area contributed by atoms with Crippen LogP contribution in [0.3, 0.4) is 0 Å². The number of hydrogen-bond acceptors (Lipinski definition) is 3. The maximum Gasteiger partial charge on any atom is 0.354 e. The topological polar surface area (TPSA) is 82.5 Å². The smallest absolute Gasteiger partial charge is 0.354 e. The number of aromatic carboxylic acids is 1. The Kier molecular flexibility index (Phi) is 3.82. The van der Waals surface area contributed by atoms with Crippen molar-refractivity contribution in [3.8, 4) is 0 Å². The Morgan fingerprint density at radius 2 is 2.12 bits per heavy atom. The largest absolute Gasteiger partial charge is 0.477 e. The standard InChI is InChI=1S/C10H13N3O3/c1-13(2)10(16)11-6-7-4-3-5-8(12-7)9(14)15/h3-5H,6H2,1-2H3,(H,11,16)(H,14,15). The highest BCUT2D eigenvalue weighted by Crippen LogP contribution is 1.99. The average Bonchev–Trinajstić information content (AvgIpc) is 2.26. The van der Waals surface area contributed by atoms with Crippen molar-refractivity contribution in [3.05, 3.63) is 29.6 Å². The van der Waals surface area contributed by atoms with Crippen molar-refractivity contribution < 1.29 is 14.7 Å². The van der Waals surface area contributed by atoms with Crippen molar-refractivity contribution in [1.29, 1.82) is 0 Å². The van der Waals surface area contributed by atoms with Crippen LogP contribution >= 0.6 is 0 Å². The summed E-state index contributed by atoms with van der Waals surface area (Å²) in [7, 11) is 3.24. The predicted molar refractivity (Wildman–Crippen MR) is 57.1 cm³/mol. The fraction of sp³-hybridized carbons (Fsp3) is 0.300. The van der Waals surface area contributed by atoms with E-state index in [4.69, 9.17) is 5.11 Å². The highest BCUT2D eigenvalue weighted by atomic mass is 16.4. The van der Waals surface area contributed by atoms with E-state index in [0.717, 1.165) is 0 Å². The number of nitrogens with zero attached hydrogens (tertiary/aromatic N) is 2. The predicted octanol–water partition coefficient (Wildman–Crippen LogP) is 0.551. The van der Waals surface area contributed by atoms with Gasteiger partial charge in [-0.1, -0.05) is 6.07 Å². The van der Waals surface area contributed by atoms with Crippen LogP contribution in [0.25, 0.3) is 0 Å². The Balaban J connectivity index is 2.64. The van der Waals surface area contributed by atoms with Crippen LogP contribution in [0.15, 0.2) is 18.2 Å². The van der Waals surface area contributed by atoms with Crippen LogP contribution in [0.4, 0.5) is 4.79 Å². The summed E-state index contributed by atoms with van der Waals surface area (Å²) >= 11 is 0. The molecule has 0 spiro atoms. The maximum absolute atomic E-state index is 11.2. The van der Waals surface area contributed by atoms with Crippen molar-refractivity contribution >= 4 is 12.0 Å². The van der Waals surface area contributed by atoms with Crippen LogP contribution in [0, 0.1) is 0 Å². The summed E-state index contributed by atoms with van der Waals surface area (Å²) in [5.74, 6) is -1.08. The molecule has 0 saturated heterocycles. The molecule has 0 atom stereocenters. The molecule has 0 saturated carbocycles. The van der Waals surface area contributed by atoms with E-state index >= 15 is 0 Å². The second-order valence-corrected chi connectivity index (χ2v) is 3.37. The molecule has 0 aliphatic carbocycles. The van der Waals surface area contributed by atoms with Crippen LogP contribution in [-0.4, -0.2) is 41.1 Å². The van der Waals surface area contributed by atoms with Crippen molar-refractivity contribution in [2.24, 2.45) is 0 Å². The number of rotatable bonds is 3. The van der Waals surface area contributed by atoms with E-state index in [9.17, 15) is 9.59 Å². The first-order chi connectivity index (χ1) is 7.50. The SMILES string of the molecule is CN(C)C(=O)NCc1cccc(C(=O)O)n1. The fourth-order valence-corrected chi connectivity index (χ4v) is 1.02. The zero-order valence-corrected chi connectivity index (χ0v) is 9.10. The lowest BCUT2D eigenvalue weighted by molar-refractivity contribution is 0.0690. The second-order valence-electron chi connectivity index (χ2n) is 3.37. The molecule has 2 N–H and O–H groups in total. The molecule has 1 heterocycles. The van der Waals surface area contributed by atoms with Gasteiger partial charge in [-0.2, -0.15) is 0 Å². The number of aromatic nitrogens is 1. The molecular formula is C10H13N3O3. The van der Waals surface area contributed by atoms with E-state index in [1.54, 1.807) is 26.2 Å². The van der Waals surface area contributed by atoms with Crippen molar-refractivity contribution in [2.75, 3.05) is 14.1 Å². The van der Waals surface area contributed by atoms with Gasteiger partial charge >= 0.3 is 12.0 Å². The van der Waals surface area contributed by atoms with Crippen molar-refractivity contribution in [2.45, 2.75) is 6.54 Å². The first kappa shape index (κ1) is 12.0. The molecule has 6 nitrogen and oxygen atoms in total. The van der Waals surface area contributed by atoms with Gasteiger partial charge in [-0.05, 0) is 12.1 Å². The van der Waals surface area contributed by atoms with Gasteiger partial charge in [0.05, 0.1) is 12.2 Å². The lowest BCUT2D eigenvalue weighted by Gasteiger charge is -2.11. The first-order valence-electron chi connectivity index (χ1n) is 4.65. The number of carbonyl (C=O) groups is 2. The molecule has 1 aromatic heterocycles. The highest BCUT2D eigenvalue weighted by molar-refractivity contribution is 5.85. The second kappa shape index (κ2) is 5.11. The van der Waals surface area contributed by atoms with Gasteiger partial charge in [-0.3, -0.25) is 0 Å². The molecule has 1 aromatic rings. The number of urea groups is 1. The first-order valence-corrected chi connectivity index (χ1v) is 4.65. The van der Waals surface area contributed by atoms with Crippen LogP contribution in [-0.2, 0) is 6.54 Å². The number of carbonyl (C=O) groups excluding carboxylic acids is 1. The zero-order chi connectivity index (χ0) is 12.1. The van der Waals surface area contributed by atoms with Gasteiger partial charge in [0.1, 0.15) is 5.69 Å². The normalized spacial score (nSPS) is 9.62. The third-order valence-corrected chi connectivity index (χ3v) is 1.85. The van der Waals surface area contributed by atoms with Gasteiger partial charge in [0.2, 0.25) is 0 Å². The summed E-state index contributed by atoms with van der Waals surface area (Å²) < 4.78 is 0. The molecule has 0 aliphatic rings. The minimum absolute atomic E-state index is 0.0309. The summed E-state index contributed by atoms with van der Waals surface area (Å²) in [6.07, 6.45) is 0. The molecular weight excluding hydrogens is 210 g/mol. The van der Waals surface area contributed by atoms with Gasteiger partial charge in [0.15, 0.2) is 0 Å². The number of hydrogen-bond donors (Lipinski definition) is 2. The van der Waals surface area contributed by atoms with Gasteiger partial charge in [-0.25, -0.2) is 14.6 Å². The molecule has 0 aromatic carbocycles. The molecule has 6 heteroatoms. The van der Waals surface area contributed by atoms with E-state index in [1.165, 1.54) is 11.0 Å². The summed E-state index contributed by atoms with van der Waals surface area (Å²) in [6, 6.07) is 4.40. The number of nitrogens with one attached hydrogen (secondary N) is 1. The molecule has 0 unspecified atom stereocenters. The third-order valence-electron chi connectivity index (χ3n) is 1.85. The molecule has 16 heavy (non-hydrogen) atoms. The van der Waals surface area contributed by atoms with E-state index in [0.29, 0.717) is 5.69 Å². The number of carboxylic acids is 1. The molecule has 0 bridgehead atoms. The average molecular weight is 223 g/mol. The quantitative estimate of drug-likeness (QED) is 0.784. The Labute approximate surface area is 92.9 Å². The molecule has 1 rings (SSSR count). The Morgan fingerprint density at radius 1 is 1.44 bits per heavy atom. The monoisotopic (exact) mass is 223 g/mol. The van der Waals surface area contributed by atoms with E-state index in [2.05, 4.69) is 10.3 Å². The molecule has 0 aliphatic heterocycles. The third kappa shape index (κ3) is 3.23. The van der Waals surface area contributed by atoms with Crippen molar-refractivity contribution in [1.82, 2.24) is 15.2 Å². The number of amides is 2. The minimum Gasteiger partial charge on any atom is -0.477 e. The van der Waals surface area contributed by atoms with E-state index < -0.39 is 5.97 Å². The summed E-state index contributed by atoms with van der Waals surface area (Å²) in [5.41, 5.74) is 0.478. The van der Waals surface area contributed by atoms with Crippen LogP contribution < -0.4 is 5.32 Å². The van der Waals surface area contributed by atoms with E-state index in [-0.39, 0.29) is 18.3 Å². The minimum atomic E-state index is -1.08. The zero-order valence-electron chi connectivity index (χ0n) is 9.10. The number of carboxylic acid groups (broad SMARTS) is 1. The van der Waals surface area contributed by atoms with Gasteiger partial charge < -0.3 is 15.3 Å². The Hall–Kier alpha value is -2.11. The Morgan fingerprint density at radius 3 is 2.69 bits per heavy atom. The maximum atomic E-state index is 11.2. The fourth-order valence-electron chi connectivity index (χ4n) is 1.02. The summed E-state index contributed by atoms with van der Waals surface area (Å²) in [6.45, 7) is 0.206. The lowest BCUT2D eigenvalue weighted by atomic mass is 10.3. The summed E-state index contributed by atoms with van der Waals surface area (Å²) in [5, 5.41) is 11.3. The van der Waals surface area contributed by atoms with E-state index in [1.807, 2.05) is 0 Å². The van der Waals surface area contributed by atoms with Gasteiger partial charge in [0, 0.05) is 14.1 Å². The molecule has 0 radical (unpaired) electrons. The van der Waals surface area contributed by atoms with Crippen LogP contribution in [0.1, 0.15) is 16.2 Å². The van der Waals surface area contributed by atoms with Crippen LogP contribution in [0.5, 0.6) is 0 Å². The molecule has 0 fully saturated rings. The van der Waals surface area contributed by atoms with Crippen LogP contribution in [0.2, 0.25) is 0 Å². The van der Waals surface area contributed by atoms with Gasteiger partial charge in [0.25, 0.3) is 0 Å². The lowest BCUT2D eigenvalue weighted by Crippen LogP contribution is -2.34. The van der Waals surface area contributed by atoms with Gasteiger partial charge in [-0.15, -0.1) is 0 Å². The molecule has 2 amide bonds.